The number of benzene rings is 1. The summed E-state index contributed by atoms with van der Waals surface area (Å²) in [6.45, 7) is 0.461. The molecule has 1 aliphatic heterocycles. The van der Waals surface area contributed by atoms with E-state index >= 15 is 0 Å². The predicted molar refractivity (Wildman–Crippen MR) is 74.2 cm³/mol. The standard InChI is InChI=1S/C15H14F3NO4/c16-15(17,18)12-7-9(14(21)22)4-5-11(12)13(20)19-8-10-3-1-2-6-23-10/h1-2,4-5,7,10H,3,6,8H2,(H,19,20)(H,21,22). The minimum atomic E-state index is -4.83. The van der Waals surface area contributed by atoms with E-state index in [0.29, 0.717) is 19.1 Å². The Hall–Kier alpha value is -2.35. The molecule has 124 valence electrons. The lowest BCUT2D eigenvalue weighted by Crippen LogP contribution is -2.35. The molecule has 0 saturated carbocycles. The van der Waals surface area contributed by atoms with Crippen molar-refractivity contribution >= 4 is 11.9 Å². The monoisotopic (exact) mass is 329 g/mol. The zero-order chi connectivity index (χ0) is 17.0. The highest BCUT2D eigenvalue weighted by molar-refractivity contribution is 5.97. The number of aromatic carboxylic acids is 1. The number of hydrogen-bond donors (Lipinski definition) is 2. The molecule has 1 heterocycles. The minimum absolute atomic E-state index is 0.0706. The van der Waals surface area contributed by atoms with E-state index < -0.39 is 34.7 Å². The molecule has 2 rings (SSSR count). The number of rotatable bonds is 4. The normalized spacial score (nSPS) is 17.8. The van der Waals surface area contributed by atoms with Crippen LogP contribution in [0.2, 0.25) is 0 Å². The third-order valence-electron chi connectivity index (χ3n) is 3.30. The molecule has 1 atom stereocenters. The van der Waals surface area contributed by atoms with Gasteiger partial charge < -0.3 is 15.2 Å². The van der Waals surface area contributed by atoms with Crippen LogP contribution in [0, 0.1) is 0 Å². The van der Waals surface area contributed by atoms with Gasteiger partial charge in [0.25, 0.3) is 5.91 Å². The highest BCUT2D eigenvalue weighted by Gasteiger charge is 2.36. The molecule has 0 bridgehead atoms. The van der Waals surface area contributed by atoms with Gasteiger partial charge >= 0.3 is 12.1 Å². The van der Waals surface area contributed by atoms with Gasteiger partial charge in [-0.25, -0.2) is 4.79 Å². The zero-order valence-corrected chi connectivity index (χ0v) is 11.9. The maximum Gasteiger partial charge on any atom is 0.417 e. The number of carboxylic acids is 1. The van der Waals surface area contributed by atoms with E-state index in [0.717, 1.165) is 12.1 Å². The number of hydrogen-bond acceptors (Lipinski definition) is 3. The van der Waals surface area contributed by atoms with Crippen LogP contribution in [0.4, 0.5) is 13.2 Å². The highest BCUT2D eigenvalue weighted by Crippen LogP contribution is 2.32. The van der Waals surface area contributed by atoms with Crippen LogP contribution in [0.5, 0.6) is 0 Å². The van der Waals surface area contributed by atoms with E-state index in [4.69, 9.17) is 9.84 Å². The molecule has 1 aromatic rings. The highest BCUT2D eigenvalue weighted by atomic mass is 19.4. The maximum absolute atomic E-state index is 13.0. The largest absolute Gasteiger partial charge is 0.478 e. The lowest BCUT2D eigenvalue weighted by atomic mass is 10.0. The number of carboxylic acid groups (broad SMARTS) is 1. The van der Waals surface area contributed by atoms with Crippen LogP contribution in [-0.2, 0) is 10.9 Å². The van der Waals surface area contributed by atoms with Gasteiger partial charge in [0.05, 0.1) is 29.4 Å². The van der Waals surface area contributed by atoms with Gasteiger partial charge in [0, 0.05) is 6.54 Å². The summed E-state index contributed by atoms with van der Waals surface area (Å²) in [6.07, 6.45) is -0.892. The van der Waals surface area contributed by atoms with Crippen molar-refractivity contribution in [1.29, 1.82) is 0 Å². The van der Waals surface area contributed by atoms with Crippen LogP contribution in [0.25, 0.3) is 0 Å². The van der Waals surface area contributed by atoms with Crippen LogP contribution in [0.15, 0.2) is 30.4 Å². The fraction of sp³-hybridized carbons (Fsp3) is 0.333. The molecule has 8 heteroatoms. The molecule has 0 radical (unpaired) electrons. The molecule has 0 aromatic heterocycles. The first-order chi connectivity index (χ1) is 10.8. The molecule has 0 fully saturated rings. The maximum atomic E-state index is 13.0. The summed E-state index contributed by atoms with van der Waals surface area (Å²) in [6, 6.07) is 2.28. The van der Waals surface area contributed by atoms with Crippen LogP contribution in [0.3, 0.4) is 0 Å². The van der Waals surface area contributed by atoms with Gasteiger partial charge in [-0.3, -0.25) is 4.79 Å². The van der Waals surface area contributed by atoms with Crippen LogP contribution in [-0.4, -0.2) is 36.2 Å². The van der Waals surface area contributed by atoms with Gasteiger partial charge in [-0.1, -0.05) is 12.2 Å². The Labute approximate surface area is 129 Å². The molecular weight excluding hydrogens is 315 g/mol. The zero-order valence-electron chi connectivity index (χ0n) is 11.9. The number of halogens is 3. The molecular formula is C15H14F3NO4. The molecule has 0 spiro atoms. The van der Waals surface area contributed by atoms with Crippen molar-refractivity contribution in [3.05, 3.63) is 47.0 Å². The van der Waals surface area contributed by atoms with Crippen molar-refractivity contribution in [2.75, 3.05) is 13.2 Å². The molecule has 1 aromatic carbocycles. The van der Waals surface area contributed by atoms with Gasteiger partial charge in [0.15, 0.2) is 0 Å². The van der Waals surface area contributed by atoms with E-state index in [2.05, 4.69) is 5.32 Å². The number of ether oxygens (including phenoxy) is 1. The van der Waals surface area contributed by atoms with Gasteiger partial charge in [-0.05, 0) is 24.6 Å². The molecule has 23 heavy (non-hydrogen) atoms. The number of carbonyl (C=O) groups excluding carboxylic acids is 1. The van der Waals surface area contributed by atoms with Crippen molar-refractivity contribution in [2.45, 2.75) is 18.7 Å². The Balaban J connectivity index is 2.18. The van der Waals surface area contributed by atoms with E-state index in [1.807, 2.05) is 12.2 Å². The molecule has 0 aliphatic carbocycles. The van der Waals surface area contributed by atoms with E-state index in [-0.39, 0.29) is 12.6 Å². The van der Waals surface area contributed by atoms with Gasteiger partial charge in [-0.15, -0.1) is 0 Å². The lowest BCUT2D eigenvalue weighted by molar-refractivity contribution is -0.137. The minimum Gasteiger partial charge on any atom is -0.478 e. The van der Waals surface area contributed by atoms with Crippen molar-refractivity contribution < 1.29 is 32.6 Å². The van der Waals surface area contributed by atoms with Gasteiger partial charge in [0.1, 0.15) is 0 Å². The second kappa shape index (κ2) is 6.82. The van der Waals surface area contributed by atoms with Gasteiger partial charge in [-0.2, -0.15) is 13.2 Å². The second-order valence-corrected chi connectivity index (χ2v) is 4.94. The first-order valence-electron chi connectivity index (χ1n) is 6.78. The van der Waals surface area contributed by atoms with E-state index in [9.17, 15) is 22.8 Å². The van der Waals surface area contributed by atoms with E-state index in [1.54, 1.807) is 0 Å². The molecule has 1 aliphatic rings. The van der Waals surface area contributed by atoms with Gasteiger partial charge in [0.2, 0.25) is 0 Å². The number of nitrogens with one attached hydrogen (secondary N) is 1. The number of amides is 1. The third kappa shape index (κ3) is 4.32. The van der Waals surface area contributed by atoms with Crippen molar-refractivity contribution in [1.82, 2.24) is 5.32 Å². The Bertz CT molecular complexity index is 640. The van der Waals surface area contributed by atoms with Crippen molar-refractivity contribution in [3.63, 3.8) is 0 Å². The van der Waals surface area contributed by atoms with Crippen LogP contribution >= 0.6 is 0 Å². The van der Waals surface area contributed by atoms with Crippen molar-refractivity contribution in [3.8, 4) is 0 Å². The van der Waals surface area contributed by atoms with Crippen LogP contribution < -0.4 is 5.32 Å². The molecule has 0 saturated heterocycles. The summed E-state index contributed by atoms with van der Waals surface area (Å²) in [5.74, 6) is -2.42. The van der Waals surface area contributed by atoms with Crippen LogP contribution in [0.1, 0.15) is 32.7 Å². The quantitative estimate of drug-likeness (QED) is 0.832. The second-order valence-electron chi connectivity index (χ2n) is 4.94. The molecule has 2 N–H and O–H groups in total. The summed E-state index contributed by atoms with van der Waals surface area (Å²) in [7, 11) is 0. The lowest BCUT2D eigenvalue weighted by Gasteiger charge is -2.20. The molecule has 5 nitrogen and oxygen atoms in total. The first-order valence-corrected chi connectivity index (χ1v) is 6.78. The summed E-state index contributed by atoms with van der Waals surface area (Å²) < 4.78 is 44.4. The fourth-order valence-electron chi connectivity index (χ4n) is 2.13. The SMILES string of the molecule is O=C(O)c1ccc(C(=O)NCC2CC=CCO2)c(C(F)(F)F)c1. The molecule has 1 unspecified atom stereocenters. The summed E-state index contributed by atoms with van der Waals surface area (Å²) in [5.41, 5.74) is -2.43. The predicted octanol–water partition coefficient (Wildman–Crippen LogP) is 2.48. The Morgan fingerprint density at radius 1 is 1.30 bits per heavy atom. The fourth-order valence-corrected chi connectivity index (χ4v) is 2.13. The van der Waals surface area contributed by atoms with E-state index in [1.165, 1.54) is 0 Å². The Morgan fingerprint density at radius 2 is 2.04 bits per heavy atom. The summed E-state index contributed by atoms with van der Waals surface area (Å²) in [4.78, 5) is 22.8. The average molecular weight is 329 g/mol. The Kier molecular flexibility index (Phi) is 5.05. The number of alkyl halides is 3. The average Bonchev–Trinajstić information content (AvgIpc) is 2.52. The summed E-state index contributed by atoms with van der Waals surface area (Å²) in [5, 5.41) is 11.2. The molecule has 1 amide bonds. The smallest absolute Gasteiger partial charge is 0.417 e. The third-order valence-corrected chi connectivity index (χ3v) is 3.30. The summed E-state index contributed by atoms with van der Waals surface area (Å²) >= 11 is 0. The Morgan fingerprint density at radius 3 is 2.61 bits per heavy atom. The topological polar surface area (TPSA) is 75.6 Å². The van der Waals surface area contributed by atoms with Crippen molar-refractivity contribution in [2.24, 2.45) is 0 Å². The number of carbonyl (C=O) groups is 2. The first kappa shape index (κ1) is 17.0.